The van der Waals surface area contributed by atoms with Crippen molar-refractivity contribution in [1.29, 1.82) is 0 Å². The summed E-state index contributed by atoms with van der Waals surface area (Å²) in [7, 11) is 0. The zero-order valence-electron chi connectivity index (χ0n) is 11.6. The second-order valence-corrected chi connectivity index (χ2v) is 5.50. The number of hydrogen-bond acceptors (Lipinski definition) is 2. The summed E-state index contributed by atoms with van der Waals surface area (Å²) >= 11 is 0. The van der Waals surface area contributed by atoms with Crippen LogP contribution in [-0.4, -0.2) is 24.3 Å². The van der Waals surface area contributed by atoms with Crippen molar-refractivity contribution in [3.63, 3.8) is 0 Å². The Morgan fingerprint density at radius 2 is 1.76 bits per heavy atom. The molecule has 0 aromatic heterocycles. The van der Waals surface area contributed by atoms with Gasteiger partial charge in [0.05, 0.1) is 0 Å². The maximum atomic E-state index is 8.70. The number of unbranched alkanes of at least 4 members (excludes halogenated alkanes) is 3. The molecule has 0 bridgehead atoms. The Kier molecular flexibility index (Phi) is 8.72. The summed E-state index contributed by atoms with van der Waals surface area (Å²) in [5, 5.41) is 12.5. The van der Waals surface area contributed by atoms with Crippen molar-refractivity contribution >= 4 is 0 Å². The highest BCUT2D eigenvalue weighted by molar-refractivity contribution is 4.78. The zero-order valence-corrected chi connectivity index (χ0v) is 11.6. The van der Waals surface area contributed by atoms with E-state index in [0.29, 0.717) is 6.61 Å². The average molecular weight is 241 g/mol. The Hall–Kier alpha value is -0.0800. The molecule has 1 aliphatic carbocycles. The maximum Gasteiger partial charge on any atom is 0.0431 e. The Balaban J connectivity index is 2.05. The van der Waals surface area contributed by atoms with Gasteiger partial charge in [0.1, 0.15) is 0 Å². The molecule has 2 nitrogen and oxygen atoms in total. The fourth-order valence-electron chi connectivity index (χ4n) is 3.06. The van der Waals surface area contributed by atoms with Crippen molar-refractivity contribution in [2.24, 2.45) is 5.92 Å². The first kappa shape index (κ1) is 15.0. The summed E-state index contributed by atoms with van der Waals surface area (Å²) in [4.78, 5) is 0. The summed E-state index contributed by atoms with van der Waals surface area (Å²) in [6.07, 6.45) is 13.2. The molecule has 0 radical (unpaired) electrons. The minimum Gasteiger partial charge on any atom is -0.396 e. The van der Waals surface area contributed by atoms with Gasteiger partial charge in [-0.05, 0) is 44.6 Å². The van der Waals surface area contributed by atoms with E-state index in [0.717, 1.165) is 18.4 Å². The molecule has 1 rings (SSSR count). The average Bonchev–Trinajstić information content (AvgIpc) is 2.39. The molecule has 0 amide bonds. The minimum atomic E-state index is 0.354. The number of hydrogen-bond donors (Lipinski definition) is 2. The molecular formula is C15H31NO. The SMILES string of the molecule is CCC(NCCCCCCO)C1CCCCC1. The van der Waals surface area contributed by atoms with Crippen LogP contribution < -0.4 is 5.32 Å². The van der Waals surface area contributed by atoms with Crippen molar-refractivity contribution in [1.82, 2.24) is 5.32 Å². The molecule has 17 heavy (non-hydrogen) atoms. The van der Waals surface area contributed by atoms with Gasteiger partial charge >= 0.3 is 0 Å². The molecule has 0 aromatic carbocycles. The smallest absolute Gasteiger partial charge is 0.0431 e. The van der Waals surface area contributed by atoms with E-state index in [1.54, 1.807) is 0 Å². The van der Waals surface area contributed by atoms with Crippen LogP contribution in [0.3, 0.4) is 0 Å². The molecule has 1 fully saturated rings. The monoisotopic (exact) mass is 241 g/mol. The van der Waals surface area contributed by atoms with E-state index in [9.17, 15) is 0 Å². The van der Waals surface area contributed by atoms with Gasteiger partial charge in [0, 0.05) is 12.6 Å². The molecule has 2 heteroatoms. The molecule has 0 heterocycles. The predicted molar refractivity (Wildman–Crippen MR) is 74.2 cm³/mol. The molecule has 0 saturated heterocycles. The molecule has 1 saturated carbocycles. The zero-order chi connectivity index (χ0) is 12.3. The van der Waals surface area contributed by atoms with Crippen LogP contribution in [-0.2, 0) is 0 Å². The fourth-order valence-corrected chi connectivity index (χ4v) is 3.06. The lowest BCUT2D eigenvalue weighted by Crippen LogP contribution is -2.37. The van der Waals surface area contributed by atoms with Crippen LogP contribution in [0.2, 0.25) is 0 Å². The quantitative estimate of drug-likeness (QED) is 0.606. The largest absolute Gasteiger partial charge is 0.396 e. The Morgan fingerprint density at radius 1 is 1.06 bits per heavy atom. The van der Waals surface area contributed by atoms with Gasteiger partial charge in [0.15, 0.2) is 0 Å². The van der Waals surface area contributed by atoms with E-state index in [1.165, 1.54) is 64.3 Å². The summed E-state index contributed by atoms with van der Waals surface area (Å²) in [6, 6.07) is 0.758. The number of aliphatic hydroxyl groups is 1. The van der Waals surface area contributed by atoms with Crippen LogP contribution >= 0.6 is 0 Å². The van der Waals surface area contributed by atoms with Crippen LogP contribution in [0.5, 0.6) is 0 Å². The van der Waals surface area contributed by atoms with Crippen molar-refractivity contribution < 1.29 is 5.11 Å². The summed E-state index contributed by atoms with van der Waals surface area (Å²) in [5.74, 6) is 0.936. The van der Waals surface area contributed by atoms with Gasteiger partial charge < -0.3 is 10.4 Å². The highest BCUT2D eigenvalue weighted by Gasteiger charge is 2.21. The van der Waals surface area contributed by atoms with Crippen LogP contribution in [0.4, 0.5) is 0 Å². The maximum absolute atomic E-state index is 8.70. The number of aliphatic hydroxyl groups excluding tert-OH is 1. The first-order valence-corrected chi connectivity index (χ1v) is 7.72. The standard InChI is InChI=1S/C15H31NO/c1-2-15(14-10-6-5-7-11-14)16-12-8-3-4-9-13-17/h14-17H,2-13H2,1H3. The van der Waals surface area contributed by atoms with Crippen molar-refractivity contribution in [2.75, 3.05) is 13.2 Å². The molecule has 1 unspecified atom stereocenters. The van der Waals surface area contributed by atoms with Crippen LogP contribution in [0.15, 0.2) is 0 Å². The highest BCUT2D eigenvalue weighted by atomic mass is 16.2. The van der Waals surface area contributed by atoms with Gasteiger partial charge in [0.2, 0.25) is 0 Å². The lowest BCUT2D eigenvalue weighted by molar-refractivity contribution is 0.260. The predicted octanol–water partition coefficient (Wildman–Crippen LogP) is 3.49. The third-order valence-electron chi connectivity index (χ3n) is 4.15. The molecule has 0 spiro atoms. The van der Waals surface area contributed by atoms with Crippen LogP contribution in [0.1, 0.15) is 71.1 Å². The lowest BCUT2D eigenvalue weighted by atomic mass is 9.83. The summed E-state index contributed by atoms with van der Waals surface area (Å²) in [5.41, 5.74) is 0. The van der Waals surface area contributed by atoms with Gasteiger partial charge in [-0.15, -0.1) is 0 Å². The van der Waals surface area contributed by atoms with Gasteiger partial charge in [-0.25, -0.2) is 0 Å². The minimum absolute atomic E-state index is 0.354. The van der Waals surface area contributed by atoms with Gasteiger partial charge in [-0.2, -0.15) is 0 Å². The van der Waals surface area contributed by atoms with Crippen molar-refractivity contribution in [3.8, 4) is 0 Å². The third-order valence-corrected chi connectivity index (χ3v) is 4.15. The molecule has 2 N–H and O–H groups in total. The van der Waals surface area contributed by atoms with E-state index >= 15 is 0 Å². The number of rotatable bonds is 9. The van der Waals surface area contributed by atoms with Gasteiger partial charge in [-0.3, -0.25) is 0 Å². The van der Waals surface area contributed by atoms with Crippen LogP contribution in [0, 0.1) is 5.92 Å². The van der Waals surface area contributed by atoms with E-state index in [2.05, 4.69) is 12.2 Å². The Bertz CT molecular complexity index is 166. The third kappa shape index (κ3) is 6.42. The first-order chi connectivity index (χ1) is 8.38. The van der Waals surface area contributed by atoms with Crippen molar-refractivity contribution in [3.05, 3.63) is 0 Å². The topological polar surface area (TPSA) is 32.3 Å². The molecule has 1 atom stereocenters. The molecule has 102 valence electrons. The van der Waals surface area contributed by atoms with E-state index in [-0.39, 0.29) is 0 Å². The van der Waals surface area contributed by atoms with Crippen molar-refractivity contribution in [2.45, 2.75) is 77.2 Å². The highest BCUT2D eigenvalue weighted by Crippen LogP contribution is 2.27. The van der Waals surface area contributed by atoms with E-state index in [4.69, 9.17) is 5.11 Å². The van der Waals surface area contributed by atoms with E-state index in [1.807, 2.05) is 0 Å². The van der Waals surface area contributed by atoms with Crippen LogP contribution in [0.25, 0.3) is 0 Å². The lowest BCUT2D eigenvalue weighted by Gasteiger charge is -2.30. The molecular weight excluding hydrogens is 210 g/mol. The van der Waals surface area contributed by atoms with Gasteiger partial charge in [0.25, 0.3) is 0 Å². The number of nitrogens with one attached hydrogen (secondary N) is 1. The Morgan fingerprint density at radius 3 is 2.41 bits per heavy atom. The molecule has 0 aliphatic heterocycles. The second-order valence-electron chi connectivity index (χ2n) is 5.50. The Labute approximate surface area is 107 Å². The normalized spacial score (nSPS) is 19.4. The summed E-state index contributed by atoms with van der Waals surface area (Å²) in [6.45, 7) is 3.84. The first-order valence-electron chi connectivity index (χ1n) is 7.72. The second kappa shape index (κ2) is 9.90. The molecule has 0 aromatic rings. The fraction of sp³-hybridized carbons (Fsp3) is 1.00. The molecule has 1 aliphatic rings. The van der Waals surface area contributed by atoms with E-state index < -0.39 is 0 Å². The summed E-state index contributed by atoms with van der Waals surface area (Å²) < 4.78 is 0. The van der Waals surface area contributed by atoms with Gasteiger partial charge in [-0.1, -0.05) is 39.0 Å².